The van der Waals surface area contributed by atoms with Gasteiger partial charge in [0.05, 0.1) is 16.2 Å². The number of aromatic nitrogens is 2. The van der Waals surface area contributed by atoms with Gasteiger partial charge in [-0.1, -0.05) is 19.1 Å². The Labute approximate surface area is 119 Å². The number of hydrogen-bond donors (Lipinski definition) is 1. The maximum absolute atomic E-state index is 13.0. The van der Waals surface area contributed by atoms with Crippen LogP contribution in [0.1, 0.15) is 30.6 Å². The molecule has 0 saturated heterocycles. The van der Waals surface area contributed by atoms with Crippen LogP contribution in [0.5, 0.6) is 0 Å². The Bertz CT molecular complexity index is 591. The number of nitrogens with one attached hydrogen (secondary N) is 1. The van der Waals surface area contributed by atoms with Crippen LogP contribution in [0.2, 0.25) is 0 Å². The highest BCUT2D eigenvalue weighted by Crippen LogP contribution is 2.36. The van der Waals surface area contributed by atoms with Gasteiger partial charge in [-0.25, -0.2) is 9.07 Å². The second kappa shape index (κ2) is 4.96. The minimum Gasteiger partial charge on any atom is -0.369 e. The molecule has 0 saturated carbocycles. The van der Waals surface area contributed by atoms with Crippen molar-refractivity contribution < 1.29 is 4.39 Å². The average molecular weight is 324 g/mol. The van der Waals surface area contributed by atoms with Gasteiger partial charge in [-0.05, 0) is 46.5 Å². The first-order valence-electron chi connectivity index (χ1n) is 6.47. The lowest BCUT2D eigenvalue weighted by molar-refractivity contribution is 0.477. The van der Waals surface area contributed by atoms with Crippen LogP contribution in [0.15, 0.2) is 28.7 Å². The highest BCUT2D eigenvalue weighted by molar-refractivity contribution is 9.10. The highest BCUT2D eigenvalue weighted by atomic mass is 79.9. The molecule has 0 radical (unpaired) electrons. The Morgan fingerprint density at radius 2 is 2.16 bits per heavy atom. The van der Waals surface area contributed by atoms with E-state index in [0.717, 1.165) is 40.9 Å². The summed E-state index contributed by atoms with van der Waals surface area (Å²) in [6.07, 6.45) is 1.84. The van der Waals surface area contributed by atoms with Gasteiger partial charge in [-0.2, -0.15) is 5.10 Å². The van der Waals surface area contributed by atoms with E-state index < -0.39 is 0 Å². The van der Waals surface area contributed by atoms with Crippen LogP contribution in [0.3, 0.4) is 0 Å². The molecule has 3 rings (SSSR count). The molecule has 5 heteroatoms. The Balaban J connectivity index is 2.05. The van der Waals surface area contributed by atoms with Gasteiger partial charge in [0.25, 0.3) is 0 Å². The standard InChI is InChI=1S/C14H15BrFN3/c1-2-11-13(15)14-17-8-7-12(19(14)18-11)9-3-5-10(16)6-4-9/h3-6,12,17H,2,7-8H2,1H3. The molecule has 1 aliphatic heterocycles. The molecule has 1 aromatic carbocycles. The molecule has 0 fully saturated rings. The van der Waals surface area contributed by atoms with Crippen molar-refractivity contribution in [2.45, 2.75) is 25.8 Å². The minimum atomic E-state index is -0.200. The molecule has 0 amide bonds. The second-order valence-electron chi connectivity index (χ2n) is 4.69. The Hall–Kier alpha value is -1.36. The lowest BCUT2D eigenvalue weighted by atomic mass is 10.0. The third-order valence-electron chi connectivity index (χ3n) is 3.51. The molecule has 0 spiro atoms. The van der Waals surface area contributed by atoms with Crippen molar-refractivity contribution in [2.75, 3.05) is 11.9 Å². The number of hydrogen-bond acceptors (Lipinski definition) is 2. The van der Waals surface area contributed by atoms with Crippen molar-refractivity contribution in [1.29, 1.82) is 0 Å². The second-order valence-corrected chi connectivity index (χ2v) is 5.48. The largest absolute Gasteiger partial charge is 0.369 e. The number of rotatable bonds is 2. The summed E-state index contributed by atoms with van der Waals surface area (Å²) in [6.45, 7) is 2.99. The molecule has 1 aromatic heterocycles. The van der Waals surface area contributed by atoms with Crippen molar-refractivity contribution in [1.82, 2.24) is 9.78 Å². The van der Waals surface area contributed by atoms with E-state index in [4.69, 9.17) is 0 Å². The molecule has 1 atom stereocenters. The molecule has 1 aliphatic rings. The Morgan fingerprint density at radius 1 is 1.42 bits per heavy atom. The SMILES string of the molecule is CCc1nn2c(c1Br)NCCC2c1ccc(F)cc1. The van der Waals surface area contributed by atoms with Crippen LogP contribution in [0, 0.1) is 5.82 Å². The smallest absolute Gasteiger partial charge is 0.139 e. The molecular weight excluding hydrogens is 309 g/mol. The number of benzene rings is 1. The molecule has 0 bridgehead atoms. The predicted molar refractivity (Wildman–Crippen MR) is 77.0 cm³/mol. The van der Waals surface area contributed by atoms with E-state index in [0.29, 0.717) is 0 Å². The fraction of sp³-hybridized carbons (Fsp3) is 0.357. The number of anilines is 1. The molecule has 19 heavy (non-hydrogen) atoms. The summed E-state index contributed by atoms with van der Waals surface area (Å²) in [5.74, 6) is 0.825. The van der Waals surface area contributed by atoms with Gasteiger partial charge in [0.2, 0.25) is 0 Å². The minimum absolute atomic E-state index is 0.174. The van der Waals surface area contributed by atoms with Crippen molar-refractivity contribution in [3.8, 4) is 0 Å². The lowest BCUT2D eigenvalue weighted by Crippen LogP contribution is -2.24. The molecule has 2 aromatic rings. The maximum Gasteiger partial charge on any atom is 0.139 e. The summed E-state index contributed by atoms with van der Waals surface area (Å²) < 4.78 is 16.1. The Kier molecular flexibility index (Phi) is 3.31. The van der Waals surface area contributed by atoms with Crippen LogP contribution in [0.4, 0.5) is 10.2 Å². The third-order valence-corrected chi connectivity index (χ3v) is 4.35. The van der Waals surface area contributed by atoms with Crippen molar-refractivity contribution >= 4 is 21.7 Å². The molecule has 100 valence electrons. The highest BCUT2D eigenvalue weighted by Gasteiger charge is 2.26. The summed E-state index contributed by atoms with van der Waals surface area (Å²) in [5, 5.41) is 8.04. The van der Waals surface area contributed by atoms with Crippen molar-refractivity contribution in [3.05, 3.63) is 45.8 Å². The number of aryl methyl sites for hydroxylation is 1. The molecule has 1 N–H and O–H groups in total. The number of halogens is 2. The zero-order valence-corrected chi connectivity index (χ0v) is 12.2. The number of fused-ring (bicyclic) bond motifs is 1. The van der Waals surface area contributed by atoms with Crippen molar-refractivity contribution in [2.24, 2.45) is 0 Å². The van der Waals surface area contributed by atoms with E-state index in [2.05, 4.69) is 33.3 Å². The van der Waals surface area contributed by atoms with Gasteiger partial charge in [0.1, 0.15) is 11.6 Å². The summed E-state index contributed by atoms with van der Waals surface area (Å²) in [4.78, 5) is 0. The number of nitrogens with zero attached hydrogens (tertiary/aromatic N) is 2. The van der Waals surface area contributed by atoms with Crippen LogP contribution in [-0.4, -0.2) is 16.3 Å². The summed E-state index contributed by atoms with van der Waals surface area (Å²) >= 11 is 3.60. The monoisotopic (exact) mass is 323 g/mol. The van der Waals surface area contributed by atoms with Crippen LogP contribution in [0.25, 0.3) is 0 Å². The van der Waals surface area contributed by atoms with Crippen LogP contribution < -0.4 is 5.32 Å². The Morgan fingerprint density at radius 3 is 2.84 bits per heavy atom. The van der Waals surface area contributed by atoms with Gasteiger partial charge in [0, 0.05) is 6.54 Å². The normalized spacial score (nSPS) is 17.9. The average Bonchev–Trinajstić information content (AvgIpc) is 2.77. The maximum atomic E-state index is 13.0. The summed E-state index contributed by atoms with van der Waals surface area (Å²) in [5.41, 5.74) is 2.15. The fourth-order valence-corrected chi connectivity index (χ4v) is 3.20. The van der Waals surface area contributed by atoms with Gasteiger partial charge < -0.3 is 5.32 Å². The van der Waals surface area contributed by atoms with Crippen LogP contribution in [-0.2, 0) is 6.42 Å². The van der Waals surface area contributed by atoms with Crippen molar-refractivity contribution in [3.63, 3.8) is 0 Å². The summed E-state index contributed by atoms with van der Waals surface area (Å²) in [7, 11) is 0. The van der Waals surface area contributed by atoms with E-state index in [1.165, 1.54) is 12.1 Å². The lowest BCUT2D eigenvalue weighted by Gasteiger charge is -2.26. The van der Waals surface area contributed by atoms with Gasteiger partial charge in [-0.3, -0.25) is 0 Å². The van der Waals surface area contributed by atoms with E-state index in [-0.39, 0.29) is 11.9 Å². The molecule has 1 unspecified atom stereocenters. The topological polar surface area (TPSA) is 29.9 Å². The van der Waals surface area contributed by atoms with E-state index in [9.17, 15) is 4.39 Å². The van der Waals surface area contributed by atoms with Gasteiger partial charge in [0.15, 0.2) is 0 Å². The molecule has 2 heterocycles. The molecular formula is C14H15BrFN3. The first-order chi connectivity index (χ1) is 9.20. The first-order valence-corrected chi connectivity index (χ1v) is 7.26. The van der Waals surface area contributed by atoms with E-state index in [1.807, 2.05) is 16.8 Å². The summed E-state index contributed by atoms with van der Waals surface area (Å²) in [6, 6.07) is 6.88. The van der Waals surface area contributed by atoms with Gasteiger partial charge >= 0.3 is 0 Å². The first kappa shape index (κ1) is 12.7. The molecule has 3 nitrogen and oxygen atoms in total. The van der Waals surface area contributed by atoms with E-state index >= 15 is 0 Å². The fourth-order valence-electron chi connectivity index (χ4n) is 2.51. The molecule has 0 aliphatic carbocycles. The van der Waals surface area contributed by atoms with Gasteiger partial charge in [-0.15, -0.1) is 0 Å². The zero-order valence-electron chi connectivity index (χ0n) is 10.7. The van der Waals surface area contributed by atoms with Crippen LogP contribution >= 0.6 is 15.9 Å². The predicted octanol–water partition coefficient (Wildman–Crippen LogP) is 3.75. The quantitative estimate of drug-likeness (QED) is 0.912. The van der Waals surface area contributed by atoms with E-state index in [1.54, 1.807) is 0 Å². The third kappa shape index (κ3) is 2.16. The zero-order chi connectivity index (χ0) is 13.4.